The molecule has 2 rings (SSSR count). The van der Waals surface area contributed by atoms with E-state index in [0.717, 1.165) is 11.8 Å². The van der Waals surface area contributed by atoms with Crippen molar-refractivity contribution >= 4 is 63.7 Å². The lowest BCUT2D eigenvalue weighted by Gasteiger charge is -2.25. The number of hydrogen-bond acceptors (Lipinski definition) is 4. The molecule has 1 atom stereocenters. The minimum absolute atomic E-state index is 0.312. The molecule has 2 amide bonds. The summed E-state index contributed by atoms with van der Waals surface area (Å²) in [6.07, 6.45) is 0. The van der Waals surface area contributed by atoms with Crippen LogP contribution in [0, 0.1) is 0 Å². The Kier molecular flexibility index (Phi) is 5.14. The van der Waals surface area contributed by atoms with Crippen LogP contribution in [0.3, 0.4) is 0 Å². The molecule has 1 N–H and O–H groups in total. The number of fused-ring (bicyclic) bond motifs is 1. The van der Waals surface area contributed by atoms with Crippen LogP contribution in [0.2, 0.25) is 0 Å². The largest absolute Gasteiger partial charge is 0.431 e. The van der Waals surface area contributed by atoms with E-state index in [9.17, 15) is 4.79 Å². The molecule has 1 aromatic carbocycles. The first-order chi connectivity index (χ1) is 9.77. The highest BCUT2D eigenvalue weighted by atomic mass is 35.6. The first-order valence-corrected chi connectivity index (χ1v) is 7.85. The Morgan fingerprint density at radius 2 is 2.05 bits per heavy atom. The van der Waals surface area contributed by atoms with Crippen molar-refractivity contribution in [3.8, 4) is 0 Å². The third kappa shape index (κ3) is 4.32. The SMILES string of the molecule is CN(C)C(=O)NC(Sc1nc2ccccc2o1)C(Cl)(Cl)Cl. The number of amides is 2. The van der Waals surface area contributed by atoms with E-state index in [4.69, 9.17) is 39.2 Å². The minimum atomic E-state index is -1.71. The lowest BCUT2D eigenvalue weighted by atomic mass is 10.3. The van der Waals surface area contributed by atoms with Crippen LogP contribution in [0.4, 0.5) is 4.79 Å². The van der Waals surface area contributed by atoms with Gasteiger partial charge in [0.2, 0.25) is 3.79 Å². The number of oxazole rings is 1. The van der Waals surface area contributed by atoms with Crippen molar-refractivity contribution in [1.82, 2.24) is 15.2 Å². The summed E-state index contributed by atoms with van der Waals surface area (Å²) < 4.78 is 3.84. The molecular weight excluding hydrogens is 357 g/mol. The maximum Gasteiger partial charge on any atom is 0.317 e. The molecule has 0 saturated heterocycles. The monoisotopic (exact) mass is 367 g/mol. The average Bonchev–Trinajstić information content (AvgIpc) is 2.78. The fraction of sp³-hybridized carbons (Fsp3) is 0.333. The number of carbonyl (C=O) groups excluding carboxylic acids is 1. The van der Waals surface area contributed by atoms with E-state index in [-0.39, 0.29) is 6.03 Å². The van der Waals surface area contributed by atoms with Crippen LogP contribution in [0.1, 0.15) is 0 Å². The molecule has 1 unspecified atom stereocenters. The number of benzene rings is 1. The van der Waals surface area contributed by atoms with Gasteiger partial charge in [-0.1, -0.05) is 46.9 Å². The Morgan fingerprint density at radius 3 is 2.62 bits per heavy atom. The molecule has 114 valence electrons. The third-order valence-corrected chi connectivity index (χ3v) is 4.58. The van der Waals surface area contributed by atoms with E-state index in [1.807, 2.05) is 18.2 Å². The molecule has 5 nitrogen and oxygen atoms in total. The maximum atomic E-state index is 11.7. The van der Waals surface area contributed by atoms with Crippen LogP contribution in [-0.4, -0.2) is 39.2 Å². The van der Waals surface area contributed by atoms with Gasteiger partial charge in [-0.25, -0.2) is 9.78 Å². The van der Waals surface area contributed by atoms with Crippen LogP contribution in [0.25, 0.3) is 11.1 Å². The number of urea groups is 1. The molecule has 0 fully saturated rings. The standard InChI is InChI=1S/C12H12Cl3N3O2S/c1-18(2)10(19)17-9(12(13,14)15)21-11-16-7-5-3-4-6-8(7)20-11/h3-6,9H,1-2H3,(H,17,19). The van der Waals surface area contributed by atoms with Gasteiger partial charge in [0.25, 0.3) is 5.22 Å². The Balaban J connectivity index is 2.20. The summed E-state index contributed by atoms with van der Waals surface area (Å²) in [5.41, 5.74) is 1.32. The summed E-state index contributed by atoms with van der Waals surface area (Å²) in [6.45, 7) is 0. The third-order valence-electron chi connectivity index (χ3n) is 2.45. The lowest BCUT2D eigenvalue weighted by molar-refractivity contribution is 0.216. The molecule has 1 aromatic heterocycles. The zero-order valence-electron chi connectivity index (χ0n) is 11.1. The number of nitrogens with zero attached hydrogens (tertiary/aromatic N) is 2. The lowest BCUT2D eigenvalue weighted by Crippen LogP contribution is -2.45. The molecule has 0 aliphatic rings. The van der Waals surface area contributed by atoms with Gasteiger partial charge in [-0.3, -0.25) is 0 Å². The van der Waals surface area contributed by atoms with Crippen LogP contribution in [-0.2, 0) is 0 Å². The van der Waals surface area contributed by atoms with Gasteiger partial charge in [0.05, 0.1) is 0 Å². The molecule has 1 heterocycles. The second-order valence-electron chi connectivity index (χ2n) is 4.33. The number of rotatable bonds is 3. The van der Waals surface area contributed by atoms with Gasteiger partial charge in [0, 0.05) is 14.1 Å². The Labute approximate surface area is 140 Å². The molecular formula is C12H12Cl3N3O2S. The van der Waals surface area contributed by atoms with Gasteiger partial charge in [-0.05, 0) is 23.9 Å². The smallest absolute Gasteiger partial charge is 0.317 e. The highest BCUT2D eigenvalue weighted by Crippen LogP contribution is 2.39. The molecule has 0 bridgehead atoms. The van der Waals surface area contributed by atoms with E-state index in [2.05, 4.69) is 10.3 Å². The predicted octanol–water partition coefficient (Wildman–Crippen LogP) is 3.89. The molecule has 21 heavy (non-hydrogen) atoms. The maximum absolute atomic E-state index is 11.7. The zero-order valence-corrected chi connectivity index (χ0v) is 14.2. The Bertz CT molecular complexity index is 609. The summed E-state index contributed by atoms with van der Waals surface area (Å²) in [5.74, 6) is 0. The summed E-state index contributed by atoms with van der Waals surface area (Å²) >= 11 is 18.7. The summed E-state index contributed by atoms with van der Waals surface area (Å²) in [4.78, 5) is 17.4. The van der Waals surface area contributed by atoms with Crippen molar-refractivity contribution in [2.24, 2.45) is 0 Å². The van der Waals surface area contributed by atoms with Crippen molar-refractivity contribution in [2.75, 3.05) is 14.1 Å². The number of halogens is 3. The number of hydrogen-bond donors (Lipinski definition) is 1. The number of nitrogens with one attached hydrogen (secondary N) is 1. The van der Waals surface area contributed by atoms with Gasteiger partial charge in [0.1, 0.15) is 10.9 Å². The number of carbonyl (C=O) groups is 1. The summed E-state index contributed by atoms with van der Waals surface area (Å²) in [6, 6.07) is 6.90. The highest BCUT2D eigenvalue weighted by Gasteiger charge is 2.36. The van der Waals surface area contributed by atoms with Crippen molar-refractivity contribution in [2.45, 2.75) is 14.4 Å². The van der Waals surface area contributed by atoms with Gasteiger partial charge >= 0.3 is 6.03 Å². The van der Waals surface area contributed by atoms with E-state index in [1.54, 1.807) is 20.2 Å². The Hall–Kier alpha value is -0.820. The van der Waals surface area contributed by atoms with Gasteiger partial charge in [0.15, 0.2) is 5.58 Å². The van der Waals surface area contributed by atoms with Gasteiger partial charge in [-0.2, -0.15) is 0 Å². The molecule has 0 saturated carbocycles. The van der Waals surface area contributed by atoms with E-state index in [1.165, 1.54) is 4.90 Å². The Morgan fingerprint density at radius 1 is 1.38 bits per heavy atom. The van der Waals surface area contributed by atoms with E-state index >= 15 is 0 Å². The van der Waals surface area contributed by atoms with Crippen molar-refractivity contribution in [3.63, 3.8) is 0 Å². The number of aromatic nitrogens is 1. The number of thioether (sulfide) groups is 1. The quantitative estimate of drug-likeness (QED) is 0.507. The van der Waals surface area contributed by atoms with E-state index in [0.29, 0.717) is 16.3 Å². The van der Waals surface area contributed by atoms with E-state index < -0.39 is 9.17 Å². The highest BCUT2D eigenvalue weighted by molar-refractivity contribution is 8.00. The first-order valence-electron chi connectivity index (χ1n) is 5.84. The topological polar surface area (TPSA) is 58.4 Å². The van der Waals surface area contributed by atoms with Crippen molar-refractivity contribution in [3.05, 3.63) is 24.3 Å². The fourth-order valence-electron chi connectivity index (χ4n) is 1.42. The summed E-state index contributed by atoms with van der Waals surface area (Å²) in [5, 5.41) is 2.07. The van der Waals surface area contributed by atoms with Crippen LogP contribution in [0.15, 0.2) is 33.9 Å². The van der Waals surface area contributed by atoms with Gasteiger partial charge in [-0.15, -0.1) is 0 Å². The molecule has 0 aliphatic carbocycles. The van der Waals surface area contributed by atoms with Crippen LogP contribution < -0.4 is 5.32 Å². The molecule has 0 aliphatic heterocycles. The summed E-state index contributed by atoms with van der Waals surface area (Å²) in [7, 11) is 3.18. The number of para-hydroxylation sites is 2. The molecule has 2 aromatic rings. The fourth-order valence-corrected chi connectivity index (χ4v) is 2.77. The zero-order chi connectivity index (χ0) is 15.6. The van der Waals surface area contributed by atoms with Crippen LogP contribution in [0.5, 0.6) is 0 Å². The van der Waals surface area contributed by atoms with Crippen molar-refractivity contribution in [1.29, 1.82) is 0 Å². The van der Waals surface area contributed by atoms with Crippen LogP contribution >= 0.6 is 46.6 Å². The number of alkyl halides is 3. The van der Waals surface area contributed by atoms with Crippen molar-refractivity contribution < 1.29 is 9.21 Å². The normalized spacial score (nSPS) is 13.2. The molecule has 0 spiro atoms. The predicted molar refractivity (Wildman–Crippen MR) is 86.2 cm³/mol. The molecule has 0 radical (unpaired) electrons. The average molecular weight is 369 g/mol. The second kappa shape index (κ2) is 6.52. The first kappa shape index (κ1) is 16.5. The van der Waals surface area contributed by atoms with Gasteiger partial charge < -0.3 is 14.6 Å². The second-order valence-corrected chi connectivity index (χ2v) is 7.76. The molecule has 9 heteroatoms. The minimum Gasteiger partial charge on any atom is -0.431 e.